The first-order valence-corrected chi connectivity index (χ1v) is 6.94. The third-order valence-electron chi connectivity index (χ3n) is 2.76. The second-order valence-electron chi connectivity index (χ2n) is 4.47. The van der Waals surface area contributed by atoms with Gasteiger partial charge in [0.05, 0.1) is 6.61 Å². The van der Waals surface area contributed by atoms with E-state index in [-0.39, 0.29) is 18.3 Å². The van der Waals surface area contributed by atoms with Gasteiger partial charge in [-0.05, 0) is 25.5 Å². The lowest BCUT2D eigenvalue weighted by atomic mass is 10.1. The first-order valence-electron chi connectivity index (χ1n) is 6.94. The molecule has 1 aromatic carbocycles. The number of amides is 1. The van der Waals surface area contributed by atoms with Crippen molar-refractivity contribution in [1.29, 1.82) is 0 Å². The fourth-order valence-corrected chi connectivity index (χ4v) is 1.71. The topological polar surface area (TPSA) is 73.6 Å². The number of halogens is 1. The fourth-order valence-electron chi connectivity index (χ4n) is 1.71. The molecule has 0 saturated carbocycles. The number of rotatable bonds is 9. The van der Waals surface area contributed by atoms with E-state index < -0.39 is 0 Å². The number of hydrogen-bond acceptors (Lipinski definition) is 4. The molecule has 0 bridgehead atoms. The smallest absolute Gasteiger partial charge is 0.221 e. The van der Waals surface area contributed by atoms with Gasteiger partial charge in [0.15, 0.2) is 0 Å². The average Bonchev–Trinajstić information content (AvgIpc) is 2.43. The van der Waals surface area contributed by atoms with Crippen LogP contribution >= 0.6 is 12.4 Å². The van der Waals surface area contributed by atoms with E-state index in [9.17, 15) is 4.79 Å². The van der Waals surface area contributed by atoms with E-state index in [4.69, 9.17) is 15.2 Å². The van der Waals surface area contributed by atoms with E-state index in [0.29, 0.717) is 39.3 Å². The molecule has 1 amide bonds. The lowest BCUT2D eigenvalue weighted by Crippen LogP contribution is -2.25. The molecule has 0 saturated heterocycles. The van der Waals surface area contributed by atoms with Crippen molar-refractivity contribution in [3.8, 4) is 5.75 Å². The van der Waals surface area contributed by atoms with Gasteiger partial charge in [0.2, 0.25) is 5.91 Å². The Bertz CT molecular complexity index is 427. The van der Waals surface area contributed by atoms with Crippen molar-refractivity contribution < 1.29 is 14.3 Å². The normalized spacial score (nSPS) is 9.86. The standard InChI is InChI=1S/C15H24N2O3.ClH/c1-3-19-8-9-20-14-10-12(2)4-5-13(14)11-17-15(18)6-7-16;/h4-5,10H,3,6-9,11,16H2,1-2H3,(H,17,18);1H. The molecule has 6 heteroatoms. The molecule has 0 fully saturated rings. The van der Waals surface area contributed by atoms with Crippen LogP contribution in [0.25, 0.3) is 0 Å². The maximum absolute atomic E-state index is 11.4. The molecule has 0 aliphatic carbocycles. The zero-order valence-electron chi connectivity index (χ0n) is 12.7. The third-order valence-corrected chi connectivity index (χ3v) is 2.76. The molecule has 0 spiro atoms. The number of carbonyl (C=O) groups is 1. The van der Waals surface area contributed by atoms with Crippen molar-refractivity contribution in [2.24, 2.45) is 5.73 Å². The third kappa shape index (κ3) is 7.90. The summed E-state index contributed by atoms with van der Waals surface area (Å²) in [4.78, 5) is 11.4. The molecule has 1 rings (SSSR count). The van der Waals surface area contributed by atoms with Gasteiger partial charge in [0, 0.05) is 31.7 Å². The van der Waals surface area contributed by atoms with Crippen LogP contribution < -0.4 is 15.8 Å². The number of nitrogens with two attached hydrogens (primary N) is 1. The Labute approximate surface area is 132 Å². The van der Waals surface area contributed by atoms with Gasteiger partial charge in [-0.15, -0.1) is 12.4 Å². The quantitative estimate of drug-likeness (QED) is 0.681. The lowest BCUT2D eigenvalue weighted by Gasteiger charge is -2.13. The summed E-state index contributed by atoms with van der Waals surface area (Å²) >= 11 is 0. The highest BCUT2D eigenvalue weighted by Crippen LogP contribution is 2.20. The Balaban J connectivity index is 0.00000400. The van der Waals surface area contributed by atoms with E-state index in [1.165, 1.54) is 0 Å². The number of carbonyl (C=O) groups excluding carboxylic acids is 1. The Hall–Kier alpha value is -1.30. The Morgan fingerprint density at radius 2 is 2.10 bits per heavy atom. The molecule has 0 aliphatic rings. The van der Waals surface area contributed by atoms with Gasteiger partial charge in [-0.1, -0.05) is 12.1 Å². The summed E-state index contributed by atoms with van der Waals surface area (Å²) in [6.45, 7) is 6.50. The van der Waals surface area contributed by atoms with Crippen LogP contribution in [0.1, 0.15) is 24.5 Å². The number of ether oxygens (including phenoxy) is 2. The molecule has 5 nitrogen and oxygen atoms in total. The maximum Gasteiger partial charge on any atom is 0.221 e. The second-order valence-corrected chi connectivity index (χ2v) is 4.47. The van der Waals surface area contributed by atoms with Gasteiger partial charge >= 0.3 is 0 Å². The van der Waals surface area contributed by atoms with Crippen LogP contribution in [0.3, 0.4) is 0 Å². The van der Waals surface area contributed by atoms with Crippen molar-refractivity contribution >= 4 is 18.3 Å². The summed E-state index contributed by atoms with van der Waals surface area (Å²) in [6, 6.07) is 5.93. The maximum atomic E-state index is 11.4. The van der Waals surface area contributed by atoms with Crippen LogP contribution in [0.15, 0.2) is 18.2 Å². The van der Waals surface area contributed by atoms with Crippen molar-refractivity contribution in [2.75, 3.05) is 26.4 Å². The van der Waals surface area contributed by atoms with Crippen molar-refractivity contribution in [1.82, 2.24) is 5.32 Å². The first kappa shape index (κ1) is 19.7. The van der Waals surface area contributed by atoms with Crippen LogP contribution in [-0.2, 0) is 16.1 Å². The van der Waals surface area contributed by atoms with E-state index in [2.05, 4.69) is 5.32 Å². The van der Waals surface area contributed by atoms with E-state index >= 15 is 0 Å². The minimum absolute atomic E-state index is 0. The summed E-state index contributed by atoms with van der Waals surface area (Å²) in [5.41, 5.74) is 7.42. The fraction of sp³-hybridized carbons (Fsp3) is 0.533. The van der Waals surface area contributed by atoms with Gasteiger partial charge in [0.1, 0.15) is 12.4 Å². The Morgan fingerprint density at radius 1 is 1.33 bits per heavy atom. The first-order chi connectivity index (χ1) is 9.67. The van der Waals surface area contributed by atoms with Crippen LogP contribution in [0.4, 0.5) is 0 Å². The number of aryl methyl sites for hydroxylation is 1. The highest BCUT2D eigenvalue weighted by molar-refractivity contribution is 5.85. The van der Waals surface area contributed by atoms with Crippen LogP contribution in [0, 0.1) is 6.92 Å². The predicted molar refractivity (Wildman–Crippen MR) is 85.9 cm³/mol. The second kappa shape index (κ2) is 11.4. The molecule has 0 atom stereocenters. The van der Waals surface area contributed by atoms with Gasteiger partial charge < -0.3 is 20.5 Å². The van der Waals surface area contributed by atoms with Gasteiger partial charge in [-0.2, -0.15) is 0 Å². The van der Waals surface area contributed by atoms with Gasteiger partial charge in [-0.25, -0.2) is 0 Å². The SMILES string of the molecule is CCOCCOc1cc(C)ccc1CNC(=O)CCN.Cl. The molecule has 3 N–H and O–H groups in total. The minimum Gasteiger partial charge on any atom is -0.491 e. The predicted octanol–water partition coefficient (Wildman–Crippen LogP) is 1.80. The summed E-state index contributed by atoms with van der Waals surface area (Å²) in [6.07, 6.45) is 0.340. The summed E-state index contributed by atoms with van der Waals surface area (Å²) in [5.74, 6) is 0.742. The minimum atomic E-state index is -0.0478. The Kier molecular flexibility index (Phi) is 10.7. The summed E-state index contributed by atoms with van der Waals surface area (Å²) in [7, 11) is 0. The number of hydrogen-bond donors (Lipinski definition) is 2. The summed E-state index contributed by atoms with van der Waals surface area (Å²) < 4.78 is 11.0. The highest BCUT2D eigenvalue weighted by Gasteiger charge is 2.06. The van der Waals surface area contributed by atoms with E-state index in [1.54, 1.807) is 0 Å². The zero-order chi connectivity index (χ0) is 14.8. The molecular weight excluding hydrogens is 292 g/mol. The molecular formula is C15H25ClN2O3. The van der Waals surface area contributed by atoms with Crippen molar-refractivity contribution in [3.05, 3.63) is 29.3 Å². The molecule has 0 unspecified atom stereocenters. The lowest BCUT2D eigenvalue weighted by molar-refractivity contribution is -0.121. The van der Waals surface area contributed by atoms with E-state index in [1.807, 2.05) is 32.0 Å². The van der Waals surface area contributed by atoms with Gasteiger partial charge in [-0.3, -0.25) is 4.79 Å². The summed E-state index contributed by atoms with van der Waals surface area (Å²) in [5, 5.41) is 2.83. The monoisotopic (exact) mass is 316 g/mol. The van der Waals surface area contributed by atoms with Crippen LogP contribution in [0.2, 0.25) is 0 Å². The molecule has 21 heavy (non-hydrogen) atoms. The van der Waals surface area contributed by atoms with Crippen molar-refractivity contribution in [2.45, 2.75) is 26.8 Å². The molecule has 0 heterocycles. The van der Waals surface area contributed by atoms with Crippen LogP contribution in [0.5, 0.6) is 5.75 Å². The average molecular weight is 317 g/mol. The molecule has 120 valence electrons. The molecule has 1 aromatic rings. The molecule has 0 radical (unpaired) electrons. The number of nitrogens with one attached hydrogen (secondary N) is 1. The largest absolute Gasteiger partial charge is 0.491 e. The van der Waals surface area contributed by atoms with Crippen LogP contribution in [-0.4, -0.2) is 32.3 Å². The molecule has 0 aromatic heterocycles. The van der Waals surface area contributed by atoms with Gasteiger partial charge in [0.25, 0.3) is 0 Å². The molecule has 0 aliphatic heterocycles. The van der Waals surface area contributed by atoms with Crippen molar-refractivity contribution in [3.63, 3.8) is 0 Å². The zero-order valence-corrected chi connectivity index (χ0v) is 13.5. The number of benzene rings is 1. The highest BCUT2D eigenvalue weighted by atomic mass is 35.5. The Morgan fingerprint density at radius 3 is 2.76 bits per heavy atom. The van der Waals surface area contributed by atoms with E-state index in [0.717, 1.165) is 16.9 Å².